The molecule has 1 unspecified atom stereocenters. The van der Waals surface area contributed by atoms with Gasteiger partial charge in [-0.3, -0.25) is 10.1 Å². The molecule has 1 atom stereocenters. The number of carbonyl (C=O) groups excluding carboxylic acids is 1. The predicted octanol–water partition coefficient (Wildman–Crippen LogP) is 3.22. The number of amides is 1. The molecule has 2 aromatic rings. The molecule has 1 aliphatic rings. The number of hydrogen-bond donors (Lipinski definition) is 2. The first kappa shape index (κ1) is 17.9. The Balaban J connectivity index is 0.000000185. The number of nitrogens with two attached hydrogens (primary N) is 1. The van der Waals surface area contributed by atoms with Gasteiger partial charge >= 0.3 is 6.61 Å². The lowest BCUT2D eigenvalue weighted by Crippen LogP contribution is -2.31. The van der Waals surface area contributed by atoms with E-state index in [1.807, 2.05) is 24.3 Å². The molecule has 1 aliphatic heterocycles. The number of halogens is 3. The second-order valence-corrected chi connectivity index (χ2v) is 5.57. The highest BCUT2D eigenvalue weighted by Crippen LogP contribution is 2.23. The molecule has 0 radical (unpaired) electrons. The number of carbonyl (C=O) groups is 1. The summed E-state index contributed by atoms with van der Waals surface area (Å²) in [7, 11) is 0. The highest BCUT2D eigenvalue weighted by Gasteiger charge is 2.26. The predicted molar refractivity (Wildman–Crippen MR) is 89.7 cm³/mol. The van der Waals surface area contributed by atoms with E-state index in [4.69, 9.17) is 5.73 Å². The molecule has 0 saturated heterocycles. The van der Waals surface area contributed by atoms with Crippen LogP contribution in [-0.4, -0.2) is 18.5 Å². The number of rotatable bonds is 3. The van der Waals surface area contributed by atoms with Crippen molar-refractivity contribution in [2.45, 2.75) is 12.7 Å². The van der Waals surface area contributed by atoms with Crippen LogP contribution in [0.3, 0.4) is 0 Å². The molecule has 0 fully saturated rings. The van der Waals surface area contributed by atoms with E-state index in [-0.39, 0.29) is 17.6 Å². The maximum Gasteiger partial charge on any atom is 0.387 e. The average molecular weight is 398 g/mol. The first-order valence-electron chi connectivity index (χ1n) is 6.85. The van der Waals surface area contributed by atoms with Crippen LogP contribution in [-0.2, 0) is 4.79 Å². The van der Waals surface area contributed by atoms with E-state index in [0.29, 0.717) is 0 Å². The Kier molecular flexibility index (Phi) is 6.25. The Morgan fingerprint density at radius 1 is 1.17 bits per heavy atom. The maximum atomic E-state index is 11.5. The standard InChI is InChI=1S/C9H8BrN3O.C7H6F2O/c10-6-3-1-2-5(4-6)7-8(14)13-9(11)12-7;8-7(9)10-6-4-2-1-3-5-6/h1-4,7H,(H3,11,12,13,14);1-5,7H. The van der Waals surface area contributed by atoms with Crippen molar-refractivity contribution < 1.29 is 18.3 Å². The lowest BCUT2D eigenvalue weighted by Gasteiger charge is -2.04. The molecule has 0 bridgehead atoms. The van der Waals surface area contributed by atoms with Crippen LogP contribution in [0.1, 0.15) is 11.6 Å². The number of guanidine groups is 1. The van der Waals surface area contributed by atoms with Crippen molar-refractivity contribution in [1.82, 2.24) is 5.32 Å². The van der Waals surface area contributed by atoms with Crippen molar-refractivity contribution in [3.05, 3.63) is 64.6 Å². The highest BCUT2D eigenvalue weighted by atomic mass is 79.9. The molecule has 0 aliphatic carbocycles. The van der Waals surface area contributed by atoms with E-state index in [0.717, 1.165) is 10.0 Å². The number of hydrogen-bond acceptors (Lipinski definition) is 4. The summed E-state index contributed by atoms with van der Waals surface area (Å²) in [6, 6.07) is 14.9. The highest BCUT2D eigenvalue weighted by molar-refractivity contribution is 9.10. The van der Waals surface area contributed by atoms with Gasteiger partial charge in [0.25, 0.3) is 5.91 Å². The normalized spacial score (nSPS) is 16.1. The van der Waals surface area contributed by atoms with Gasteiger partial charge in [-0.05, 0) is 29.8 Å². The Morgan fingerprint density at radius 3 is 2.42 bits per heavy atom. The van der Waals surface area contributed by atoms with Gasteiger partial charge in [-0.15, -0.1) is 0 Å². The van der Waals surface area contributed by atoms with E-state index < -0.39 is 12.7 Å². The largest absolute Gasteiger partial charge is 0.435 e. The third kappa shape index (κ3) is 5.31. The number of nitrogens with zero attached hydrogens (tertiary/aromatic N) is 1. The molecule has 126 valence electrons. The molecule has 3 rings (SSSR count). The van der Waals surface area contributed by atoms with E-state index >= 15 is 0 Å². The number of para-hydroxylation sites is 1. The summed E-state index contributed by atoms with van der Waals surface area (Å²) in [6.45, 7) is -2.73. The van der Waals surface area contributed by atoms with Crippen LogP contribution in [0.15, 0.2) is 64.1 Å². The van der Waals surface area contributed by atoms with Gasteiger partial charge in [0.2, 0.25) is 0 Å². The van der Waals surface area contributed by atoms with Crippen LogP contribution in [0.4, 0.5) is 8.78 Å². The van der Waals surface area contributed by atoms with E-state index in [2.05, 4.69) is 31.0 Å². The van der Waals surface area contributed by atoms with Crippen LogP contribution in [0.2, 0.25) is 0 Å². The van der Waals surface area contributed by atoms with Crippen molar-refractivity contribution in [2.24, 2.45) is 10.7 Å². The number of ether oxygens (including phenoxy) is 1. The monoisotopic (exact) mass is 397 g/mol. The minimum absolute atomic E-state index is 0.180. The molecule has 0 saturated carbocycles. The fourth-order valence-electron chi connectivity index (χ4n) is 1.93. The van der Waals surface area contributed by atoms with Crippen molar-refractivity contribution >= 4 is 27.8 Å². The lowest BCUT2D eigenvalue weighted by atomic mass is 10.1. The summed E-state index contributed by atoms with van der Waals surface area (Å²) in [5.74, 6) is 0.193. The number of benzene rings is 2. The molecule has 24 heavy (non-hydrogen) atoms. The fraction of sp³-hybridized carbons (Fsp3) is 0.125. The summed E-state index contributed by atoms with van der Waals surface area (Å²) in [4.78, 5) is 15.4. The van der Waals surface area contributed by atoms with Crippen LogP contribution >= 0.6 is 15.9 Å². The molecule has 0 spiro atoms. The molecular weight excluding hydrogens is 384 g/mol. The summed E-state index contributed by atoms with van der Waals surface area (Å²) in [5.41, 5.74) is 6.23. The zero-order valence-electron chi connectivity index (χ0n) is 12.3. The maximum absolute atomic E-state index is 11.5. The van der Waals surface area contributed by atoms with Gasteiger partial charge in [0.1, 0.15) is 5.75 Å². The quantitative estimate of drug-likeness (QED) is 0.834. The van der Waals surface area contributed by atoms with Gasteiger partial charge in [0, 0.05) is 4.47 Å². The third-order valence-electron chi connectivity index (χ3n) is 2.90. The Bertz CT molecular complexity index is 726. The SMILES string of the molecule is FC(F)Oc1ccccc1.NC1=NC(c2cccc(Br)c2)C(=O)N1. The van der Waals surface area contributed by atoms with Gasteiger partial charge in [-0.1, -0.05) is 46.3 Å². The van der Waals surface area contributed by atoms with Crippen molar-refractivity contribution in [3.63, 3.8) is 0 Å². The Labute approximate surface area is 145 Å². The van der Waals surface area contributed by atoms with Crippen LogP contribution in [0, 0.1) is 0 Å². The molecule has 8 heteroatoms. The minimum atomic E-state index is -2.73. The van der Waals surface area contributed by atoms with Crippen LogP contribution in [0.25, 0.3) is 0 Å². The van der Waals surface area contributed by atoms with Crippen molar-refractivity contribution in [1.29, 1.82) is 0 Å². The van der Waals surface area contributed by atoms with E-state index in [1.165, 1.54) is 12.1 Å². The van der Waals surface area contributed by atoms with Gasteiger partial charge in [0.15, 0.2) is 12.0 Å². The van der Waals surface area contributed by atoms with Crippen molar-refractivity contribution in [3.8, 4) is 5.75 Å². The van der Waals surface area contributed by atoms with Crippen LogP contribution in [0.5, 0.6) is 5.75 Å². The molecule has 1 heterocycles. The average Bonchev–Trinajstić information content (AvgIpc) is 2.87. The zero-order chi connectivity index (χ0) is 17.5. The number of aliphatic imine (C=N–C) groups is 1. The van der Waals surface area contributed by atoms with E-state index in [1.54, 1.807) is 18.2 Å². The third-order valence-corrected chi connectivity index (χ3v) is 3.39. The molecule has 0 aromatic heterocycles. The first-order valence-corrected chi connectivity index (χ1v) is 7.64. The second-order valence-electron chi connectivity index (χ2n) is 4.65. The fourth-order valence-corrected chi connectivity index (χ4v) is 2.35. The first-order chi connectivity index (χ1) is 11.5. The molecule has 3 N–H and O–H groups in total. The smallest absolute Gasteiger partial charge is 0.387 e. The lowest BCUT2D eigenvalue weighted by molar-refractivity contribution is -0.120. The number of alkyl halides is 2. The van der Waals surface area contributed by atoms with Gasteiger partial charge in [-0.2, -0.15) is 8.78 Å². The summed E-state index contributed by atoms with van der Waals surface area (Å²) < 4.78 is 28.0. The second kappa shape index (κ2) is 8.39. The van der Waals surface area contributed by atoms with Crippen molar-refractivity contribution in [2.75, 3.05) is 0 Å². The van der Waals surface area contributed by atoms with Gasteiger partial charge < -0.3 is 10.5 Å². The summed E-state index contributed by atoms with van der Waals surface area (Å²) in [6.07, 6.45) is 0. The minimum Gasteiger partial charge on any atom is -0.435 e. The van der Waals surface area contributed by atoms with Crippen LogP contribution < -0.4 is 15.8 Å². The molecule has 1 amide bonds. The van der Waals surface area contributed by atoms with Gasteiger partial charge in [-0.25, -0.2) is 4.99 Å². The Morgan fingerprint density at radius 2 is 1.88 bits per heavy atom. The van der Waals surface area contributed by atoms with E-state index in [9.17, 15) is 13.6 Å². The van der Waals surface area contributed by atoms with Gasteiger partial charge in [0.05, 0.1) is 0 Å². The number of nitrogens with one attached hydrogen (secondary N) is 1. The molecule has 5 nitrogen and oxygen atoms in total. The summed E-state index contributed by atoms with van der Waals surface area (Å²) >= 11 is 3.33. The molecular formula is C16H14BrF2N3O2. The summed E-state index contributed by atoms with van der Waals surface area (Å²) in [5, 5.41) is 2.46. The molecule has 2 aromatic carbocycles. The Hall–Kier alpha value is -2.48. The topological polar surface area (TPSA) is 76.7 Å². The zero-order valence-corrected chi connectivity index (χ0v) is 13.9.